The molecule has 0 aromatic heterocycles. The Morgan fingerprint density at radius 3 is 1.00 bits per heavy atom. The average Bonchev–Trinajstić information content (AvgIpc) is 0. The molecule has 0 saturated carbocycles. The monoisotopic (exact) mass is 365 g/mol. The van der Waals surface area contributed by atoms with E-state index in [9.17, 15) is 0 Å². The molecule has 0 aliphatic heterocycles. The molecule has 4 heavy (non-hydrogen) atoms. The first-order valence-electron chi connectivity index (χ1n) is 0. The normalized spacial score (nSPS) is 0. The molecule has 4 heteroatoms. The zero-order valence-corrected chi connectivity index (χ0v) is 10.5. The predicted octanol–water partition coefficient (Wildman–Crippen LogP) is -1.21. The van der Waals surface area contributed by atoms with Gasteiger partial charge in [0.25, 0.3) is 0 Å². The Morgan fingerprint density at radius 2 is 1.00 bits per heavy atom. The summed E-state index contributed by atoms with van der Waals surface area (Å²) in [5, 5.41) is 0. The summed E-state index contributed by atoms with van der Waals surface area (Å²) in [6, 6.07) is 0. The van der Waals surface area contributed by atoms with Crippen molar-refractivity contribution in [3.8, 4) is 0 Å². The smallest absolute Gasteiger partial charge is 0 e. The molecule has 0 aromatic carbocycles. The fraction of sp³-hybridized carbons (Fsp3) is 0. The molecular formula is H2CeNaOW. The molecule has 0 amide bonds. The molecule has 0 fully saturated rings. The molecular weight excluding hydrogens is 363 g/mol. The van der Waals surface area contributed by atoms with Gasteiger partial charge in [-0.3, -0.25) is 0 Å². The van der Waals surface area contributed by atoms with Crippen LogP contribution in [-0.2, 0) is 21.1 Å². The molecule has 0 spiro atoms. The van der Waals surface area contributed by atoms with E-state index in [1.165, 1.54) is 0 Å². The van der Waals surface area contributed by atoms with E-state index in [0.29, 0.717) is 0 Å². The number of hydrogen-bond donors (Lipinski definition) is 0. The van der Waals surface area contributed by atoms with Crippen LogP contribution in [0.25, 0.3) is 0 Å². The molecule has 0 saturated heterocycles. The van der Waals surface area contributed by atoms with Crippen LogP contribution in [0.4, 0.5) is 0 Å². The van der Waals surface area contributed by atoms with Gasteiger partial charge in [0.05, 0.1) is 0 Å². The summed E-state index contributed by atoms with van der Waals surface area (Å²) < 4.78 is 0. The summed E-state index contributed by atoms with van der Waals surface area (Å²) in [4.78, 5) is 0. The summed E-state index contributed by atoms with van der Waals surface area (Å²) in [7, 11) is 0. The fourth-order valence-electron chi connectivity index (χ4n) is 0. The first-order valence-corrected chi connectivity index (χ1v) is 0. The second kappa shape index (κ2) is 16.6. The Morgan fingerprint density at radius 1 is 1.00 bits per heavy atom. The van der Waals surface area contributed by atoms with Crippen molar-refractivity contribution in [3.05, 3.63) is 0 Å². The van der Waals surface area contributed by atoms with E-state index in [0.717, 1.165) is 0 Å². The third kappa shape index (κ3) is 8.90. The Balaban J connectivity index is 0. The predicted molar refractivity (Wildman–Crippen MR) is 9.37 cm³/mol. The van der Waals surface area contributed by atoms with E-state index in [-0.39, 0.29) is 97.8 Å². The Kier molecular flexibility index (Phi) is 116. The van der Waals surface area contributed by atoms with Crippen molar-refractivity contribution in [1.82, 2.24) is 0 Å². The van der Waals surface area contributed by atoms with Crippen LogP contribution < -0.4 is 0 Å². The van der Waals surface area contributed by atoms with Crippen LogP contribution in [0.2, 0.25) is 0 Å². The molecule has 1 radical (unpaired) electrons. The maximum atomic E-state index is 0. The minimum atomic E-state index is 0. The van der Waals surface area contributed by atoms with Gasteiger partial charge in [-0.15, -0.1) is 0 Å². The van der Waals surface area contributed by atoms with Crippen LogP contribution in [0, 0.1) is 41.7 Å². The summed E-state index contributed by atoms with van der Waals surface area (Å²) in [5.41, 5.74) is 0. The van der Waals surface area contributed by atoms with Crippen LogP contribution >= 0.6 is 0 Å². The topological polar surface area (TPSA) is 31.5 Å². The van der Waals surface area contributed by atoms with Crippen LogP contribution in [0.3, 0.4) is 0 Å². The first kappa shape index (κ1) is 27.9. The van der Waals surface area contributed by atoms with Crippen LogP contribution in [0.5, 0.6) is 0 Å². The van der Waals surface area contributed by atoms with E-state index in [1.54, 1.807) is 0 Å². The number of rotatable bonds is 0. The van der Waals surface area contributed by atoms with E-state index >= 15 is 0 Å². The Bertz CT molecular complexity index is 8.00. The van der Waals surface area contributed by atoms with Gasteiger partial charge in [0.1, 0.15) is 0 Å². The Labute approximate surface area is 95.5 Å². The molecule has 0 heterocycles. The second-order valence-corrected chi connectivity index (χ2v) is 0. The van der Waals surface area contributed by atoms with Crippen molar-refractivity contribution in [2.75, 3.05) is 0 Å². The van der Waals surface area contributed by atoms with Crippen molar-refractivity contribution < 1.29 is 68.3 Å². The summed E-state index contributed by atoms with van der Waals surface area (Å²) in [6.07, 6.45) is 0. The molecule has 0 atom stereocenters. The average molecular weight is 365 g/mol. The molecule has 0 aliphatic carbocycles. The van der Waals surface area contributed by atoms with E-state index < -0.39 is 0 Å². The van der Waals surface area contributed by atoms with Gasteiger partial charge in [-0.1, -0.05) is 0 Å². The number of hydrogen-bond acceptors (Lipinski definition) is 0. The fourth-order valence-corrected chi connectivity index (χ4v) is 0. The second-order valence-electron chi connectivity index (χ2n) is 0. The standard InChI is InChI=1S/Ce.Na.H2O.W/h;;1H2;. The third-order valence-electron chi connectivity index (χ3n) is 0. The third-order valence-corrected chi connectivity index (χ3v) is 0. The molecule has 0 rings (SSSR count). The van der Waals surface area contributed by atoms with Crippen LogP contribution in [0.15, 0.2) is 0 Å². The molecule has 0 bridgehead atoms. The summed E-state index contributed by atoms with van der Waals surface area (Å²) >= 11 is 0. The van der Waals surface area contributed by atoms with Crippen molar-refractivity contribution >= 4 is 29.6 Å². The van der Waals surface area contributed by atoms with E-state index in [1.807, 2.05) is 0 Å². The van der Waals surface area contributed by atoms with Crippen molar-refractivity contribution in [3.63, 3.8) is 0 Å². The maximum absolute atomic E-state index is 0. The largest absolute Gasteiger partial charge is 0.412 e. The minimum Gasteiger partial charge on any atom is -0.412 e. The van der Waals surface area contributed by atoms with Crippen molar-refractivity contribution in [1.29, 1.82) is 0 Å². The quantitative estimate of drug-likeness (QED) is 0.483. The zero-order chi connectivity index (χ0) is 0. The zero-order valence-electron chi connectivity index (χ0n) is 2.41. The van der Waals surface area contributed by atoms with Gasteiger partial charge in [0.2, 0.25) is 0 Å². The van der Waals surface area contributed by atoms with Crippen molar-refractivity contribution in [2.24, 2.45) is 0 Å². The summed E-state index contributed by atoms with van der Waals surface area (Å²) in [6.45, 7) is 0. The van der Waals surface area contributed by atoms with Crippen LogP contribution in [-0.4, -0.2) is 35.0 Å². The van der Waals surface area contributed by atoms with E-state index in [2.05, 4.69) is 0 Å². The van der Waals surface area contributed by atoms with Gasteiger partial charge in [0, 0.05) is 92.4 Å². The van der Waals surface area contributed by atoms with Gasteiger partial charge in [0.15, 0.2) is 0 Å². The molecule has 1 nitrogen and oxygen atoms in total. The minimum absolute atomic E-state index is 0. The van der Waals surface area contributed by atoms with Gasteiger partial charge < -0.3 is 5.48 Å². The van der Waals surface area contributed by atoms with Crippen LogP contribution in [0.1, 0.15) is 0 Å². The molecule has 0 unspecified atom stereocenters. The van der Waals surface area contributed by atoms with E-state index in [4.69, 9.17) is 0 Å². The first-order chi connectivity index (χ1) is 0. The summed E-state index contributed by atoms with van der Waals surface area (Å²) in [5.74, 6) is 0. The molecule has 0 aliphatic rings. The molecule has 19 valence electrons. The molecule has 2 N–H and O–H groups in total. The van der Waals surface area contributed by atoms with Crippen molar-refractivity contribution in [2.45, 2.75) is 0 Å². The molecule has 0 aromatic rings. The SMILES string of the molecule is O.[Ce].[Na].[W]. The maximum Gasteiger partial charge on any atom is 0 e. The van der Waals surface area contributed by atoms with Gasteiger partial charge in [-0.25, -0.2) is 0 Å². The van der Waals surface area contributed by atoms with Gasteiger partial charge >= 0.3 is 0 Å². The van der Waals surface area contributed by atoms with Gasteiger partial charge in [-0.2, -0.15) is 0 Å². The Hall–Kier alpha value is 3.02. The van der Waals surface area contributed by atoms with Gasteiger partial charge in [-0.05, 0) is 0 Å².